The third-order valence-corrected chi connectivity index (χ3v) is 5.93. The number of carbonyl (C=O) groups is 1. The van der Waals surface area contributed by atoms with Crippen molar-refractivity contribution in [3.05, 3.63) is 35.4 Å². The normalized spacial score (nSPS) is 29.2. The van der Waals surface area contributed by atoms with E-state index in [1.165, 1.54) is 5.56 Å². The molecule has 1 aromatic rings. The summed E-state index contributed by atoms with van der Waals surface area (Å²) in [6, 6.07) is 10.2. The molecule has 2 fully saturated rings. The fraction of sp³-hybridized carbons (Fsp3) is 0.619. The van der Waals surface area contributed by atoms with E-state index < -0.39 is 0 Å². The molecule has 140 valence electrons. The van der Waals surface area contributed by atoms with Crippen LogP contribution in [0.25, 0.3) is 0 Å². The van der Waals surface area contributed by atoms with Gasteiger partial charge in [0.2, 0.25) is 5.91 Å². The van der Waals surface area contributed by atoms with Gasteiger partial charge in [-0.05, 0) is 56.1 Å². The fourth-order valence-corrected chi connectivity index (χ4v) is 4.42. The molecule has 0 spiro atoms. The van der Waals surface area contributed by atoms with Crippen molar-refractivity contribution in [2.45, 2.75) is 69.6 Å². The van der Waals surface area contributed by atoms with Crippen LogP contribution in [0.5, 0.6) is 0 Å². The molecular formula is C21H29N3O2. The molecule has 1 saturated carbocycles. The van der Waals surface area contributed by atoms with E-state index >= 15 is 0 Å². The van der Waals surface area contributed by atoms with Crippen molar-refractivity contribution in [2.75, 3.05) is 13.2 Å². The van der Waals surface area contributed by atoms with Crippen LogP contribution in [0, 0.1) is 11.3 Å². The minimum atomic E-state index is -0.00158. The first-order chi connectivity index (χ1) is 12.6. The highest BCUT2D eigenvalue weighted by Gasteiger charge is 2.32. The molecule has 1 aliphatic carbocycles. The van der Waals surface area contributed by atoms with Crippen LogP contribution >= 0.6 is 0 Å². The molecule has 26 heavy (non-hydrogen) atoms. The van der Waals surface area contributed by atoms with Crippen LogP contribution in [0.1, 0.15) is 62.5 Å². The molecule has 5 heteroatoms. The SMILES string of the molecule is CC(=O)N1CCC[C@H](N)[C@@H]1COC1CCC(c2ccccc2C#N)CC1. The lowest BCUT2D eigenvalue weighted by atomic mass is 9.81. The first-order valence-electron chi connectivity index (χ1n) is 9.73. The maximum atomic E-state index is 11.9. The minimum absolute atomic E-state index is 0.00158. The standard InChI is InChI=1S/C21H29N3O2/c1-15(25)24-12-4-7-20(23)21(24)14-26-18-10-8-16(9-11-18)19-6-3-2-5-17(19)13-22/h2-3,5-6,16,18,20-21H,4,7-12,14,23H2,1H3/t16?,18?,20-,21-/m0/s1. The quantitative estimate of drug-likeness (QED) is 0.900. The molecule has 1 aromatic carbocycles. The average Bonchev–Trinajstić information content (AvgIpc) is 2.67. The Labute approximate surface area is 156 Å². The van der Waals surface area contributed by atoms with Crippen molar-refractivity contribution < 1.29 is 9.53 Å². The van der Waals surface area contributed by atoms with Crippen LogP contribution in [0.4, 0.5) is 0 Å². The first-order valence-corrected chi connectivity index (χ1v) is 9.73. The lowest BCUT2D eigenvalue weighted by Gasteiger charge is -2.40. The Kier molecular flexibility index (Phi) is 6.29. The van der Waals surface area contributed by atoms with Crippen LogP contribution < -0.4 is 5.73 Å². The molecule has 1 amide bonds. The Morgan fingerprint density at radius 2 is 2.00 bits per heavy atom. The summed E-state index contributed by atoms with van der Waals surface area (Å²) in [4.78, 5) is 13.7. The number of nitrogens with two attached hydrogens (primary N) is 1. The highest BCUT2D eigenvalue weighted by atomic mass is 16.5. The second kappa shape index (κ2) is 8.66. The third-order valence-electron chi connectivity index (χ3n) is 5.93. The van der Waals surface area contributed by atoms with E-state index in [0.717, 1.165) is 50.6 Å². The van der Waals surface area contributed by atoms with Gasteiger partial charge in [0.15, 0.2) is 0 Å². The summed E-state index contributed by atoms with van der Waals surface area (Å²) in [6.45, 7) is 2.93. The Balaban J connectivity index is 1.52. The summed E-state index contributed by atoms with van der Waals surface area (Å²) in [5, 5.41) is 9.31. The number of nitriles is 1. The van der Waals surface area contributed by atoms with Crippen LogP contribution in [0.3, 0.4) is 0 Å². The molecule has 1 heterocycles. The Bertz CT molecular complexity index is 661. The summed E-state index contributed by atoms with van der Waals surface area (Å²) in [7, 11) is 0. The van der Waals surface area contributed by atoms with E-state index in [0.29, 0.717) is 12.5 Å². The van der Waals surface area contributed by atoms with Crippen LogP contribution in [0.2, 0.25) is 0 Å². The molecule has 0 unspecified atom stereocenters. The zero-order chi connectivity index (χ0) is 18.5. The van der Waals surface area contributed by atoms with Gasteiger partial charge in [-0.15, -0.1) is 0 Å². The minimum Gasteiger partial charge on any atom is -0.376 e. The van der Waals surface area contributed by atoms with E-state index in [9.17, 15) is 10.1 Å². The second-order valence-corrected chi connectivity index (χ2v) is 7.59. The summed E-state index contributed by atoms with van der Waals surface area (Å²) in [6.07, 6.45) is 6.21. The Morgan fingerprint density at radius 1 is 1.27 bits per heavy atom. The number of nitrogens with zero attached hydrogens (tertiary/aromatic N) is 2. The number of carbonyl (C=O) groups excluding carboxylic acids is 1. The summed E-state index contributed by atoms with van der Waals surface area (Å²) in [5.41, 5.74) is 8.21. The molecule has 2 aliphatic rings. The maximum Gasteiger partial charge on any atom is 0.219 e. The molecule has 2 atom stereocenters. The fourth-order valence-electron chi connectivity index (χ4n) is 4.42. The van der Waals surface area contributed by atoms with Gasteiger partial charge in [0.25, 0.3) is 0 Å². The zero-order valence-electron chi connectivity index (χ0n) is 15.6. The van der Waals surface area contributed by atoms with Gasteiger partial charge in [-0.3, -0.25) is 4.79 Å². The van der Waals surface area contributed by atoms with Gasteiger partial charge in [-0.25, -0.2) is 0 Å². The molecule has 2 N–H and O–H groups in total. The summed E-state index contributed by atoms with van der Waals surface area (Å²) < 4.78 is 6.18. The number of piperidine rings is 1. The van der Waals surface area contributed by atoms with Gasteiger partial charge >= 0.3 is 0 Å². The lowest BCUT2D eigenvalue weighted by Crippen LogP contribution is -2.56. The summed E-state index contributed by atoms with van der Waals surface area (Å²) in [5.74, 6) is 0.530. The van der Waals surface area contributed by atoms with Gasteiger partial charge in [0.05, 0.1) is 30.4 Å². The lowest BCUT2D eigenvalue weighted by molar-refractivity contribution is -0.135. The largest absolute Gasteiger partial charge is 0.376 e. The highest BCUT2D eigenvalue weighted by molar-refractivity contribution is 5.73. The number of benzene rings is 1. The Hall–Kier alpha value is -1.90. The molecular weight excluding hydrogens is 326 g/mol. The molecule has 1 aliphatic heterocycles. The third kappa shape index (κ3) is 4.25. The number of likely N-dealkylation sites (tertiary alicyclic amines) is 1. The van der Waals surface area contributed by atoms with E-state index in [-0.39, 0.29) is 24.1 Å². The van der Waals surface area contributed by atoms with Gasteiger partial charge < -0.3 is 15.4 Å². The van der Waals surface area contributed by atoms with E-state index in [1.807, 2.05) is 23.1 Å². The van der Waals surface area contributed by atoms with Crippen molar-refractivity contribution in [2.24, 2.45) is 5.73 Å². The second-order valence-electron chi connectivity index (χ2n) is 7.59. The van der Waals surface area contributed by atoms with Gasteiger partial charge in [0.1, 0.15) is 0 Å². The summed E-state index contributed by atoms with van der Waals surface area (Å²) >= 11 is 0. The molecule has 0 aromatic heterocycles. The molecule has 0 bridgehead atoms. The van der Waals surface area contributed by atoms with Crippen molar-refractivity contribution in [3.63, 3.8) is 0 Å². The first kappa shape index (κ1) is 18.9. The zero-order valence-corrected chi connectivity index (χ0v) is 15.6. The number of amides is 1. The maximum absolute atomic E-state index is 11.9. The van der Waals surface area contributed by atoms with Crippen molar-refractivity contribution >= 4 is 5.91 Å². The number of ether oxygens (including phenoxy) is 1. The molecule has 3 rings (SSSR count). The highest BCUT2D eigenvalue weighted by Crippen LogP contribution is 2.35. The molecule has 1 saturated heterocycles. The van der Waals surface area contributed by atoms with E-state index in [1.54, 1.807) is 6.92 Å². The Morgan fingerprint density at radius 3 is 2.69 bits per heavy atom. The predicted molar refractivity (Wildman–Crippen MR) is 100 cm³/mol. The van der Waals surface area contributed by atoms with Crippen molar-refractivity contribution in [1.29, 1.82) is 5.26 Å². The number of rotatable bonds is 4. The molecule has 0 radical (unpaired) electrons. The monoisotopic (exact) mass is 355 g/mol. The number of hydrogen-bond acceptors (Lipinski definition) is 4. The number of hydrogen-bond donors (Lipinski definition) is 1. The average molecular weight is 355 g/mol. The van der Waals surface area contributed by atoms with Gasteiger partial charge in [-0.2, -0.15) is 5.26 Å². The predicted octanol–water partition coefficient (Wildman–Crippen LogP) is 2.94. The topological polar surface area (TPSA) is 79.3 Å². The van der Waals surface area contributed by atoms with Gasteiger partial charge in [-0.1, -0.05) is 18.2 Å². The van der Waals surface area contributed by atoms with Crippen LogP contribution in [-0.2, 0) is 9.53 Å². The van der Waals surface area contributed by atoms with E-state index in [2.05, 4.69) is 12.1 Å². The van der Waals surface area contributed by atoms with Crippen molar-refractivity contribution in [1.82, 2.24) is 4.90 Å². The van der Waals surface area contributed by atoms with Gasteiger partial charge in [0, 0.05) is 19.5 Å². The van der Waals surface area contributed by atoms with E-state index in [4.69, 9.17) is 10.5 Å². The van der Waals surface area contributed by atoms with Crippen LogP contribution in [0.15, 0.2) is 24.3 Å². The molecule has 5 nitrogen and oxygen atoms in total. The van der Waals surface area contributed by atoms with Crippen molar-refractivity contribution in [3.8, 4) is 6.07 Å². The van der Waals surface area contributed by atoms with Crippen LogP contribution in [-0.4, -0.2) is 42.1 Å². The smallest absolute Gasteiger partial charge is 0.219 e.